The van der Waals surface area contributed by atoms with E-state index in [1.165, 1.54) is 17.0 Å². The second-order valence-electron chi connectivity index (χ2n) is 8.41. The molecule has 0 unspecified atom stereocenters. The van der Waals surface area contributed by atoms with Crippen LogP contribution >= 0.6 is 0 Å². The van der Waals surface area contributed by atoms with Crippen LogP contribution < -0.4 is 10.3 Å². The van der Waals surface area contributed by atoms with Crippen LogP contribution in [-0.4, -0.2) is 20.8 Å². The predicted octanol–water partition coefficient (Wildman–Crippen LogP) is 5.74. The summed E-state index contributed by atoms with van der Waals surface area (Å²) in [4.78, 5) is 29.4. The lowest BCUT2D eigenvalue weighted by molar-refractivity contribution is -0.385. The van der Waals surface area contributed by atoms with E-state index in [0.717, 1.165) is 11.1 Å². The van der Waals surface area contributed by atoms with Crippen molar-refractivity contribution in [1.82, 2.24) is 9.66 Å². The number of aromatic nitrogens is 2. The zero-order chi connectivity index (χ0) is 25.8. The SMILES string of the molecule is Cc1cccc(COc2c(C=Nn3c(-c4ccccc4)nc4ccccc4c3=O)cccc2[N+](=O)[O-])c1. The molecule has 1 heterocycles. The third kappa shape index (κ3) is 4.99. The highest BCUT2D eigenvalue weighted by Gasteiger charge is 2.19. The van der Waals surface area contributed by atoms with Crippen molar-refractivity contribution in [2.75, 3.05) is 0 Å². The van der Waals surface area contributed by atoms with Gasteiger partial charge in [0.05, 0.1) is 22.0 Å². The van der Waals surface area contributed by atoms with Gasteiger partial charge in [-0.1, -0.05) is 78.4 Å². The molecule has 0 N–H and O–H groups in total. The molecule has 5 rings (SSSR count). The molecule has 0 saturated heterocycles. The molecule has 0 spiro atoms. The number of rotatable bonds is 7. The molecule has 5 aromatic rings. The van der Waals surface area contributed by atoms with Gasteiger partial charge in [0.15, 0.2) is 5.82 Å². The van der Waals surface area contributed by atoms with Crippen LogP contribution in [0, 0.1) is 17.0 Å². The van der Waals surface area contributed by atoms with Gasteiger partial charge in [0, 0.05) is 17.2 Å². The van der Waals surface area contributed by atoms with Crippen LogP contribution in [0.25, 0.3) is 22.3 Å². The third-order valence-corrected chi connectivity index (χ3v) is 5.79. The molecule has 0 aliphatic rings. The maximum Gasteiger partial charge on any atom is 0.311 e. The molecule has 0 radical (unpaired) electrons. The fraction of sp³-hybridized carbons (Fsp3) is 0.0690. The van der Waals surface area contributed by atoms with E-state index in [2.05, 4.69) is 10.1 Å². The van der Waals surface area contributed by atoms with E-state index in [-0.39, 0.29) is 23.6 Å². The molecular weight excluding hydrogens is 468 g/mol. The lowest BCUT2D eigenvalue weighted by Crippen LogP contribution is -2.20. The standard InChI is InChI=1S/C29H22N4O4/c1-20-9-7-10-21(17-20)19-37-27-23(13-8-16-26(27)33(35)36)18-30-32-28(22-11-3-2-4-12-22)31-25-15-6-5-14-24(25)29(32)34/h2-18H,19H2,1H3. The van der Waals surface area contributed by atoms with Crippen LogP contribution in [0.2, 0.25) is 0 Å². The number of nitro groups is 1. The summed E-state index contributed by atoms with van der Waals surface area (Å²) in [6.07, 6.45) is 1.39. The van der Waals surface area contributed by atoms with Crippen molar-refractivity contribution >= 4 is 22.8 Å². The van der Waals surface area contributed by atoms with Crippen molar-refractivity contribution in [3.63, 3.8) is 0 Å². The van der Waals surface area contributed by atoms with Gasteiger partial charge in [-0.25, -0.2) is 4.98 Å². The van der Waals surface area contributed by atoms with Crippen LogP contribution in [0.3, 0.4) is 0 Å². The Morgan fingerprint density at radius 2 is 1.73 bits per heavy atom. The first kappa shape index (κ1) is 23.6. The molecular formula is C29H22N4O4. The zero-order valence-electron chi connectivity index (χ0n) is 19.9. The van der Waals surface area contributed by atoms with E-state index in [9.17, 15) is 14.9 Å². The fourth-order valence-corrected chi connectivity index (χ4v) is 4.03. The highest BCUT2D eigenvalue weighted by molar-refractivity contribution is 5.86. The molecule has 4 aromatic carbocycles. The van der Waals surface area contributed by atoms with E-state index >= 15 is 0 Å². The molecule has 0 bridgehead atoms. The van der Waals surface area contributed by atoms with Crippen LogP contribution in [-0.2, 0) is 6.61 Å². The maximum absolute atomic E-state index is 13.4. The number of nitrogens with zero attached hydrogens (tertiary/aromatic N) is 4. The van der Waals surface area contributed by atoms with Crippen LogP contribution in [0.15, 0.2) is 107 Å². The number of ether oxygens (including phenoxy) is 1. The number of nitro benzene ring substituents is 1. The first-order valence-corrected chi connectivity index (χ1v) is 11.6. The molecule has 8 nitrogen and oxygen atoms in total. The van der Waals surface area contributed by atoms with Gasteiger partial charge >= 0.3 is 5.69 Å². The first-order chi connectivity index (χ1) is 18.0. The van der Waals surface area contributed by atoms with Gasteiger partial charge in [-0.15, -0.1) is 0 Å². The van der Waals surface area contributed by atoms with E-state index < -0.39 is 4.92 Å². The number of benzene rings is 4. The van der Waals surface area contributed by atoms with Crippen LogP contribution in [0.4, 0.5) is 5.69 Å². The van der Waals surface area contributed by atoms with Crippen molar-refractivity contribution in [2.24, 2.45) is 5.10 Å². The minimum Gasteiger partial charge on any atom is -0.481 e. The fourth-order valence-electron chi connectivity index (χ4n) is 4.03. The largest absolute Gasteiger partial charge is 0.481 e. The molecule has 0 atom stereocenters. The molecule has 0 aliphatic carbocycles. The smallest absolute Gasteiger partial charge is 0.311 e. The highest BCUT2D eigenvalue weighted by atomic mass is 16.6. The molecule has 1 aromatic heterocycles. The normalized spacial score (nSPS) is 11.2. The van der Waals surface area contributed by atoms with Gasteiger partial charge in [0.1, 0.15) is 6.61 Å². The number of fused-ring (bicyclic) bond motifs is 1. The van der Waals surface area contributed by atoms with Gasteiger partial charge in [-0.05, 0) is 30.7 Å². The Kier molecular flexibility index (Phi) is 6.54. The van der Waals surface area contributed by atoms with Gasteiger partial charge in [0.25, 0.3) is 5.56 Å². The lowest BCUT2D eigenvalue weighted by Gasteiger charge is -2.11. The number of hydrogen-bond acceptors (Lipinski definition) is 6. The quantitative estimate of drug-likeness (QED) is 0.165. The molecule has 0 amide bonds. The summed E-state index contributed by atoms with van der Waals surface area (Å²) in [7, 11) is 0. The molecule has 37 heavy (non-hydrogen) atoms. The Morgan fingerprint density at radius 1 is 0.973 bits per heavy atom. The van der Waals surface area contributed by atoms with Gasteiger partial charge in [-0.2, -0.15) is 9.78 Å². The van der Waals surface area contributed by atoms with Crippen LogP contribution in [0.1, 0.15) is 16.7 Å². The maximum atomic E-state index is 13.4. The van der Waals surface area contributed by atoms with E-state index in [4.69, 9.17) is 4.74 Å². The van der Waals surface area contributed by atoms with E-state index in [0.29, 0.717) is 27.9 Å². The average molecular weight is 491 g/mol. The summed E-state index contributed by atoms with van der Waals surface area (Å²) in [5, 5.41) is 16.6. The highest BCUT2D eigenvalue weighted by Crippen LogP contribution is 2.31. The average Bonchev–Trinajstić information content (AvgIpc) is 2.92. The summed E-state index contributed by atoms with van der Waals surface area (Å²) in [5.74, 6) is 0.425. The Morgan fingerprint density at radius 3 is 2.51 bits per heavy atom. The topological polar surface area (TPSA) is 99.6 Å². The molecule has 182 valence electrons. The second-order valence-corrected chi connectivity index (χ2v) is 8.41. The van der Waals surface area contributed by atoms with Gasteiger partial charge in [0.2, 0.25) is 5.75 Å². The monoisotopic (exact) mass is 490 g/mol. The van der Waals surface area contributed by atoms with Crippen molar-refractivity contribution in [3.05, 3.63) is 134 Å². The number of aryl methyl sites for hydroxylation is 1. The summed E-state index contributed by atoms with van der Waals surface area (Å²) in [6.45, 7) is 2.10. The Balaban J connectivity index is 1.61. The van der Waals surface area contributed by atoms with Gasteiger partial charge in [-0.3, -0.25) is 14.9 Å². The Labute approximate surface area is 212 Å². The first-order valence-electron chi connectivity index (χ1n) is 11.6. The predicted molar refractivity (Wildman–Crippen MR) is 143 cm³/mol. The molecule has 8 heteroatoms. The number of hydrogen-bond donors (Lipinski definition) is 0. The minimum atomic E-state index is -0.498. The Hall–Kier alpha value is -5.11. The number of para-hydroxylation sites is 2. The van der Waals surface area contributed by atoms with Crippen molar-refractivity contribution < 1.29 is 9.66 Å². The summed E-state index contributed by atoms with van der Waals surface area (Å²) >= 11 is 0. The molecule has 0 saturated carbocycles. The summed E-state index contributed by atoms with van der Waals surface area (Å²) in [6, 6.07) is 28.6. The molecule has 0 fully saturated rings. The minimum absolute atomic E-state index is 0.0702. The van der Waals surface area contributed by atoms with Gasteiger partial charge < -0.3 is 4.74 Å². The summed E-state index contributed by atoms with van der Waals surface area (Å²) in [5.41, 5.74) is 3.01. The molecule has 0 aliphatic heterocycles. The van der Waals surface area contributed by atoms with Crippen molar-refractivity contribution in [2.45, 2.75) is 13.5 Å². The summed E-state index contributed by atoms with van der Waals surface area (Å²) < 4.78 is 7.15. The van der Waals surface area contributed by atoms with E-state index in [1.807, 2.05) is 67.6 Å². The lowest BCUT2D eigenvalue weighted by atomic mass is 10.1. The van der Waals surface area contributed by atoms with Crippen molar-refractivity contribution in [1.29, 1.82) is 0 Å². The van der Waals surface area contributed by atoms with E-state index in [1.54, 1.807) is 30.3 Å². The Bertz CT molecular complexity index is 1690. The van der Waals surface area contributed by atoms with Crippen molar-refractivity contribution in [3.8, 4) is 17.1 Å². The second kappa shape index (κ2) is 10.2. The van der Waals surface area contributed by atoms with Crippen LogP contribution in [0.5, 0.6) is 5.75 Å². The third-order valence-electron chi connectivity index (χ3n) is 5.79. The zero-order valence-corrected chi connectivity index (χ0v) is 19.9.